The zero-order chi connectivity index (χ0) is 24.0. The molecule has 31 heavy (non-hydrogen) atoms. The van der Waals surface area contributed by atoms with Gasteiger partial charge in [0, 0.05) is 11.1 Å². The number of rotatable bonds is 10. The number of anilines is 1. The number of nitrogens with one attached hydrogen (secondary N) is 1. The van der Waals surface area contributed by atoms with E-state index in [1.165, 1.54) is 38.5 Å². The third-order valence-corrected chi connectivity index (χ3v) is 6.22. The van der Waals surface area contributed by atoms with Gasteiger partial charge in [0.15, 0.2) is 0 Å². The highest BCUT2D eigenvalue weighted by Gasteiger charge is 2.45. The number of carbonyl (C=O) groups excluding carboxylic acids is 3. The van der Waals surface area contributed by atoms with E-state index in [1.807, 2.05) is 6.92 Å². The second-order valence-corrected chi connectivity index (χ2v) is 10.0. The molecule has 10 heteroatoms. The van der Waals surface area contributed by atoms with E-state index < -0.39 is 38.7 Å². The highest BCUT2D eigenvalue weighted by molar-refractivity contribution is 7.89. The molecule has 0 fully saturated rings. The average Bonchev–Trinajstić information content (AvgIpc) is 2.70. The number of ether oxygens (including phenoxy) is 2. The van der Waals surface area contributed by atoms with Crippen molar-refractivity contribution in [2.24, 2.45) is 21.9 Å². The van der Waals surface area contributed by atoms with E-state index in [9.17, 15) is 22.8 Å². The fourth-order valence-electron chi connectivity index (χ4n) is 3.66. The number of esters is 2. The van der Waals surface area contributed by atoms with Crippen molar-refractivity contribution in [2.75, 3.05) is 19.5 Å². The van der Waals surface area contributed by atoms with Crippen LogP contribution >= 0.6 is 0 Å². The SMILES string of the molecule is CCC(CC(C)(CC(C)(C)C(=O)Nc1ccc(S(N)(=O)=O)cc1)C(=O)OC)C(=O)OC. The maximum Gasteiger partial charge on any atom is 0.311 e. The zero-order valence-electron chi connectivity index (χ0n) is 18.9. The molecule has 1 amide bonds. The van der Waals surface area contributed by atoms with Crippen molar-refractivity contribution < 1.29 is 32.3 Å². The molecule has 2 unspecified atom stereocenters. The number of primary sulfonamides is 1. The molecule has 0 bridgehead atoms. The van der Waals surface area contributed by atoms with Crippen molar-refractivity contribution in [3.05, 3.63) is 24.3 Å². The van der Waals surface area contributed by atoms with Crippen LogP contribution < -0.4 is 10.5 Å². The molecule has 174 valence electrons. The fourth-order valence-corrected chi connectivity index (χ4v) is 4.18. The molecule has 0 aliphatic carbocycles. The molecule has 0 heterocycles. The smallest absolute Gasteiger partial charge is 0.311 e. The molecule has 1 rings (SSSR count). The van der Waals surface area contributed by atoms with Gasteiger partial charge in [0.1, 0.15) is 0 Å². The molecule has 1 aromatic carbocycles. The summed E-state index contributed by atoms with van der Waals surface area (Å²) in [4.78, 5) is 37.6. The summed E-state index contributed by atoms with van der Waals surface area (Å²) in [6.07, 6.45) is 0.756. The van der Waals surface area contributed by atoms with Crippen LogP contribution in [0, 0.1) is 16.7 Å². The quantitative estimate of drug-likeness (QED) is 0.515. The minimum atomic E-state index is -3.84. The minimum Gasteiger partial charge on any atom is -0.469 e. The summed E-state index contributed by atoms with van der Waals surface area (Å²) in [5.41, 5.74) is -1.75. The molecule has 0 saturated carbocycles. The van der Waals surface area contributed by atoms with Crippen molar-refractivity contribution >= 4 is 33.6 Å². The Morgan fingerprint density at radius 2 is 1.61 bits per heavy atom. The number of hydrogen-bond donors (Lipinski definition) is 2. The van der Waals surface area contributed by atoms with Gasteiger partial charge in [-0.15, -0.1) is 0 Å². The average molecular weight is 457 g/mol. The summed E-state index contributed by atoms with van der Waals surface area (Å²) in [5.74, 6) is -1.83. The molecule has 0 aliphatic rings. The van der Waals surface area contributed by atoms with Crippen LogP contribution in [0.1, 0.15) is 47.0 Å². The molecule has 0 saturated heterocycles. The number of carbonyl (C=O) groups is 3. The summed E-state index contributed by atoms with van der Waals surface area (Å²) in [6, 6.07) is 5.44. The van der Waals surface area contributed by atoms with Gasteiger partial charge in [-0.1, -0.05) is 20.8 Å². The predicted molar refractivity (Wildman–Crippen MR) is 115 cm³/mol. The third kappa shape index (κ3) is 7.03. The van der Waals surface area contributed by atoms with Gasteiger partial charge in [-0.2, -0.15) is 0 Å². The molecule has 1 aromatic rings. The highest BCUT2D eigenvalue weighted by Crippen LogP contribution is 2.41. The van der Waals surface area contributed by atoms with Gasteiger partial charge in [-0.3, -0.25) is 14.4 Å². The van der Waals surface area contributed by atoms with Crippen LogP contribution in [0.2, 0.25) is 0 Å². The van der Waals surface area contributed by atoms with Crippen LogP contribution in [0.15, 0.2) is 29.2 Å². The van der Waals surface area contributed by atoms with Gasteiger partial charge in [-0.25, -0.2) is 13.6 Å². The van der Waals surface area contributed by atoms with Crippen molar-refractivity contribution in [2.45, 2.75) is 51.9 Å². The first-order valence-corrected chi connectivity index (χ1v) is 11.4. The van der Waals surface area contributed by atoms with Gasteiger partial charge in [0.25, 0.3) is 0 Å². The summed E-state index contributed by atoms with van der Waals surface area (Å²) in [5, 5.41) is 7.80. The number of sulfonamides is 1. The molecule has 0 radical (unpaired) electrons. The van der Waals surface area contributed by atoms with E-state index in [1.54, 1.807) is 20.8 Å². The van der Waals surface area contributed by atoms with Gasteiger partial charge < -0.3 is 14.8 Å². The maximum absolute atomic E-state index is 13.0. The Bertz CT molecular complexity index is 910. The monoisotopic (exact) mass is 456 g/mol. The Balaban J connectivity index is 3.08. The first-order chi connectivity index (χ1) is 14.2. The van der Waals surface area contributed by atoms with Crippen molar-refractivity contribution in [3.8, 4) is 0 Å². The normalized spacial score (nSPS) is 14.8. The lowest BCUT2D eigenvalue weighted by molar-refractivity contribution is -0.158. The van der Waals surface area contributed by atoms with Gasteiger partial charge >= 0.3 is 11.9 Å². The fraction of sp³-hybridized carbons (Fsp3) is 0.571. The molecule has 3 N–H and O–H groups in total. The standard InChI is InChI=1S/C21H32N2O7S/c1-7-14(17(24)29-5)12-21(4,19(26)30-6)13-20(2,3)18(25)23-15-8-10-16(11-9-15)31(22,27)28/h8-11,14H,7,12-13H2,1-6H3,(H,23,25)(H2,22,27,28). The zero-order valence-corrected chi connectivity index (χ0v) is 19.7. The van der Waals surface area contributed by atoms with Crippen molar-refractivity contribution in [1.29, 1.82) is 0 Å². The van der Waals surface area contributed by atoms with Crippen LogP contribution in [0.5, 0.6) is 0 Å². The molecular weight excluding hydrogens is 424 g/mol. The lowest BCUT2D eigenvalue weighted by atomic mass is 9.69. The minimum absolute atomic E-state index is 0.0727. The van der Waals surface area contributed by atoms with E-state index in [0.29, 0.717) is 12.1 Å². The van der Waals surface area contributed by atoms with Crippen LogP contribution in [0.3, 0.4) is 0 Å². The summed E-state index contributed by atoms with van der Waals surface area (Å²) in [6.45, 7) is 6.85. The largest absolute Gasteiger partial charge is 0.469 e. The van der Waals surface area contributed by atoms with E-state index >= 15 is 0 Å². The topological polar surface area (TPSA) is 142 Å². The van der Waals surface area contributed by atoms with Gasteiger partial charge in [0.05, 0.1) is 30.4 Å². The van der Waals surface area contributed by atoms with Crippen molar-refractivity contribution in [1.82, 2.24) is 0 Å². The molecule has 2 atom stereocenters. The van der Waals surface area contributed by atoms with Crippen LogP contribution in [0.4, 0.5) is 5.69 Å². The molecule has 0 spiro atoms. The van der Waals surface area contributed by atoms with Crippen molar-refractivity contribution in [3.63, 3.8) is 0 Å². The van der Waals surface area contributed by atoms with Crippen LogP contribution in [-0.4, -0.2) is 40.5 Å². The second-order valence-electron chi connectivity index (χ2n) is 8.47. The summed E-state index contributed by atoms with van der Waals surface area (Å²) >= 11 is 0. The Morgan fingerprint density at radius 3 is 2.03 bits per heavy atom. The molecule has 9 nitrogen and oxygen atoms in total. The number of methoxy groups -OCH3 is 2. The summed E-state index contributed by atoms with van der Waals surface area (Å²) in [7, 11) is -1.28. The Labute approximate surface area is 183 Å². The Hall–Kier alpha value is -2.46. The Kier molecular flexibility index (Phi) is 8.77. The van der Waals surface area contributed by atoms with E-state index in [-0.39, 0.29) is 23.6 Å². The van der Waals surface area contributed by atoms with E-state index in [0.717, 1.165) is 0 Å². The third-order valence-electron chi connectivity index (χ3n) is 5.29. The maximum atomic E-state index is 13.0. The van der Waals surface area contributed by atoms with Gasteiger partial charge in [0.2, 0.25) is 15.9 Å². The highest BCUT2D eigenvalue weighted by atomic mass is 32.2. The number of hydrogen-bond acceptors (Lipinski definition) is 7. The van der Waals surface area contributed by atoms with Gasteiger partial charge in [-0.05, 0) is 50.5 Å². The van der Waals surface area contributed by atoms with E-state index in [4.69, 9.17) is 14.6 Å². The van der Waals surface area contributed by atoms with Crippen LogP contribution in [-0.2, 0) is 33.9 Å². The first kappa shape index (κ1) is 26.6. The lowest BCUT2D eigenvalue weighted by Gasteiger charge is -2.36. The Morgan fingerprint density at radius 1 is 1.06 bits per heavy atom. The summed E-state index contributed by atoms with van der Waals surface area (Å²) < 4.78 is 32.5. The van der Waals surface area contributed by atoms with E-state index in [2.05, 4.69) is 5.32 Å². The predicted octanol–water partition coefficient (Wildman–Crippen LogP) is 2.46. The molecular formula is C21H32N2O7S. The van der Waals surface area contributed by atoms with Crippen LogP contribution in [0.25, 0.3) is 0 Å². The lowest BCUT2D eigenvalue weighted by Crippen LogP contribution is -2.42. The number of benzene rings is 1. The number of amides is 1. The molecule has 0 aromatic heterocycles. The first-order valence-electron chi connectivity index (χ1n) is 9.80. The molecule has 0 aliphatic heterocycles. The second kappa shape index (κ2) is 10.2. The number of nitrogens with two attached hydrogens (primary N) is 1.